The van der Waals surface area contributed by atoms with Crippen molar-refractivity contribution in [3.8, 4) is 5.75 Å². The van der Waals surface area contributed by atoms with Gasteiger partial charge in [-0.3, -0.25) is 4.79 Å². The zero-order chi connectivity index (χ0) is 15.0. The second-order valence-electron chi connectivity index (χ2n) is 4.84. The van der Waals surface area contributed by atoms with Crippen molar-refractivity contribution in [1.82, 2.24) is 5.32 Å². The van der Waals surface area contributed by atoms with Gasteiger partial charge in [0.15, 0.2) is 0 Å². The van der Waals surface area contributed by atoms with E-state index in [0.29, 0.717) is 6.61 Å². The van der Waals surface area contributed by atoms with E-state index in [1.54, 1.807) is 6.92 Å². The highest BCUT2D eigenvalue weighted by atomic mass is 16.5. The van der Waals surface area contributed by atoms with Crippen LogP contribution in [-0.2, 0) is 9.53 Å². The first-order valence-electron chi connectivity index (χ1n) is 7.18. The fourth-order valence-corrected chi connectivity index (χ4v) is 1.91. The third-order valence-electron chi connectivity index (χ3n) is 2.95. The van der Waals surface area contributed by atoms with Gasteiger partial charge in [-0.15, -0.1) is 0 Å². The SMILES string of the molecule is CCCNC(COc1ccc(C)cc1C)C(=O)OCC. The summed E-state index contributed by atoms with van der Waals surface area (Å²) in [6.07, 6.45) is 0.958. The molecule has 112 valence electrons. The highest BCUT2D eigenvalue weighted by molar-refractivity contribution is 5.76. The molecule has 0 heterocycles. The molecule has 4 heteroatoms. The van der Waals surface area contributed by atoms with E-state index in [0.717, 1.165) is 24.3 Å². The number of ether oxygens (including phenoxy) is 2. The molecule has 0 radical (unpaired) electrons. The molecule has 1 unspecified atom stereocenters. The second kappa shape index (κ2) is 8.59. The Morgan fingerprint density at radius 2 is 2.05 bits per heavy atom. The predicted octanol–water partition coefficient (Wildman–Crippen LogP) is 2.61. The van der Waals surface area contributed by atoms with Gasteiger partial charge in [-0.25, -0.2) is 0 Å². The van der Waals surface area contributed by atoms with Gasteiger partial charge in [0.2, 0.25) is 0 Å². The maximum atomic E-state index is 11.8. The Morgan fingerprint density at radius 1 is 1.30 bits per heavy atom. The number of hydrogen-bond donors (Lipinski definition) is 1. The number of nitrogens with one attached hydrogen (secondary N) is 1. The highest BCUT2D eigenvalue weighted by Crippen LogP contribution is 2.18. The van der Waals surface area contributed by atoms with Gasteiger partial charge in [0.1, 0.15) is 18.4 Å². The zero-order valence-corrected chi connectivity index (χ0v) is 12.9. The van der Waals surface area contributed by atoms with Crippen molar-refractivity contribution in [2.75, 3.05) is 19.8 Å². The van der Waals surface area contributed by atoms with E-state index in [2.05, 4.69) is 18.3 Å². The lowest BCUT2D eigenvalue weighted by molar-refractivity contribution is -0.146. The van der Waals surface area contributed by atoms with Gasteiger partial charge in [-0.1, -0.05) is 24.6 Å². The first kappa shape index (κ1) is 16.5. The summed E-state index contributed by atoms with van der Waals surface area (Å²) in [5.74, 6) is 0.550. The number of benzene rings is 1. The number of hydrogen-bond acceptors (Lipinski definition) is 4. The van der Waals surface area contributed by atoms with Gasteiger partial charge >= 0.3 is 5.97 Å². The van der Waals surface area contributed by atoms with Crippen LogP contribution in [0.1, 0.15) is 31.4 Å². The third-order valence-corrected chi connectivity index (χ3v) is 2.95. The number of rotatable bonds is 8. The van der Waals surface area contributed by atoms with E-state index in [-0.39, 0.29) is 12.6 Å². The minimum Gasteiger partial charge on any atom is -0.491 e. The predicted molar refractivity (Wildman–Crippen MR) is 80.1 cm³/mol. The topological polar surface area (TPSA) is 47.6 Å². The Labute approximate surface area is 121 Å². The van der Waals surface area contributed by atoms with Gasteiger partial charge in [0.05, 0.1) is 6.61 Å². The quantitative estimate of drug-likeness (QED) is 0.743. The van der Waals surface area contributed by atoms with Gasteiger partial charge in [0, 0.05) is 0 Å². The number of esters is 1. The lowest BCUT2D eigenvalue weighted by Crippen LogP contribution is -2.43. The van der Waals surface area contributed by atoms with E-state index >= 15 is 0 Å². The van der Waals surface area contributed by atoms with Crippen molar-refractivity contribution >= 4 is 5.97 Å². The first-order chi connectivity index (χ1) is 9.58. The molecule has 20 heavy (non-hydrogen) atoms. The molecular formula is C16H25NO3. The lowest BCUT2D eigenvalue weighted by atomic mass is 10.1. The Morgan fingerprint density at radius 3 is 2.65 bits per heavy atom. The minimum absolute atomic E-state index is 0.259. The Kier molecular flexibility index (Phi) is 7.09. The summed E-state index contributed by atoms with van der Waals surface area (Å²) in [7, 11) is 0. The molecule has 0 aliphatic carbocycles. The molecule has 0 bridgehead atoms. The van der Waals surface area contributed by atoms with Crippen LogP contribution in [0.5, 0.6) is 5.75 Å². The molecule has 0 aliphatic heterocycles. The van der Waals surface area contributed by atoms with Gasteiger partial charge in [-0.2, -0.15) is 0 Å². The van der Waals surface area contributed by atoms with E-state index in [1.807, 2.05) is 26.0 Å². The van der Waals surface area contributed by atoms with Crippen LogP contribution in [0.4, 0.5) is 0 Å². The van der Waals surface area contributed by atoms with Crippen LogP contribution in [-0.4, -0.2) is 31.8 Å². The molecule has 0 amide bonds. The summed E-state index contributed by atoms with van der Waals surface area (Å²) in [5, 5.41) is 3.16. The highest BCUT2D eigenvalue weighted by Gasteiger charge is 2.20. The average molecular weight is 279 g/mol. The summed E-state index contributed by atoms with van der Waals surface area (Å²) in [5.41, 5.74) is 2.27. The van der Waals surface area contributed by atoms with Crippen LogP contribution >= 0.6 is 0 Å². The van der Waals surface area contributed by atoms with E-state index in [9.17, 15) is 4.79 Å². The van der Waals surface area contributed by atoms with Crippen LogP contribution in [0.25, 0.3) is 0 Å². The number of aryl methyl sites for hydroxylation is 2. The largest absolute Gasteiger partial charge is 0.491 e. The molecule has 0 saturated heterocycles. The number of carbonyl (C=O) groups is 1. The third kappa shape index (κ3) is 5.21. The van der Waals surface area contributed by atoms with E-state index < -0.39 is 6.04 Å². The fourth-order valence-electron chi connectivity index (χ4n) is 1.91. The molecular weight excluding hydrogens is 254 g/mol. The molecule has 0 saturated carbocycles. The van der Waals surface area contributed by atoms with Gasteiger partial charge in [-0.05, 0) is 45.4 Å². The van der Waals surface area contributed by atoms with Crippen LogP contribution in [0.2, 0.25) is 0 Å². The molecule has 1 rings (SSSR count). The Bertz CT molecular complexity index is 432. The summed E-state index contributed by atoms with van der Waals surface area (Å²) in [4.78, 5) is 11.8. The molecule has 1 aromatic rings. The minimum atomic E-state index is -0.421. The molecule has 1 N–H and O–H groups in total. The summed E-state index contributed by atoms with van der Waals surface area (Å²) < 4.78 is 10.8. The van der Waals surface area contributed by atoms with Crippen LogP contribution in [0.3, 0.4) is 0 Å². The summed E-state index contributed by atoms with van der Waals surface area (Å²) >= 11 is 0. The fraction of sp³-hybridized carbons (Fsp3) is 0.562. The maximum Gasteiger partial charge on any atom is 0.326 e. The molecule has 1 aromatic carbocycles. The van der Waals surface area contributed by atoms with E-state index in [1.165, 1.54) is 5.56 Å². The zero-order valence-electron chi connectivity index (χ0n) is 12.9. The Hall–Kier alpha value is -1.55. The molecule has 0 fully saturated rings. The smallest absolute Gasteiger partial charge is 0.326 e. The standard InChI is InChI=1S/C16H25NO3/c1-5-9-17-14(16(18)19-6-2)11-20-15-8-7-12(3)10-13(15)4/h7-8,10,14,17H,5-6,9,11H2,1-4H3. The van der Waals surface area contributed by atoms with Crippen LogP contribution < -0.4 is 10.1 Å². The average Bonchev–Trinajstić information content (AvgIpc) is 2.41. The molecule has 0 spiro atoms. The summed E-state index contributed by atoms with van der Waals surface area (Å²) in [6, 6.07) is 5.58. The first-order valence-corrected chi connectivity index (χ1v) is 7.18. The Balaban J connectivity index is 2.62. The van der Waals surface area contributed by atoms with Crippen molar-refractivity contribution in [3.63, 3.8) is 0 Å². The van der Waals surface area contributed by atoms with Crippen LogP contribution in [0.15, 0.2) is 18.2 Å². The normalized spacial score (nSPS) is 12.0. The second-order valence-corrected chi connectivity index (χ2v) is 4.84. The van der Waals surface area contributed by atoms with Crippen molar-refractivity contribution in [3.05, 3.63) is 29.3 Å². The van der Waals surface area contributed by atoms with Gasteiger partial charge < -0.3 is 14.8 Å². The van der Waals surface area contributed by atoms with Crippen molar-refractivity contribution in [2.24, 2.45) is 0 Å². The lowest BCUT2D eigenvalue weighted by Gasteiger charge is -2.18. The maximum absolute atomic E-state index is 11.8. The molecule has 4 nitrogen and oxygen atoms in total. The van der Waals surface area contributed by atoms with E-state index in [4.69, 9.17) is 9.47 Å². The van der Waals surface area contributed by atoms with Gasteiger partial charge in [0.25, 0.3) is 0 Å². The van der Waals surface area contributed by atoms with Crippen molar-refractivity contribution < 1.29 is 14.3 Å². The monoisotopic (exact) mass is 279 g/mol. The molecule has 1 atom stereocenters. The van der Waals surface area contributed by atoms with Crippen molar-refractivity contribution in [2.45, 2.75) is 40.2 Å². The van der Waals surface area contributed by atoms with Crippen molar-refractivity contribution in [1.29, 1.82) is 0 Å². The van der Waals surface area contributed by atoms with Crippen LogP contribution in [0, 0.1) is 13.8 Å². The number of carbonyl (C=O) groups excluding carboxylic acids is 1. The molecule has 0 aromatic heterocycles. The summed E-state index contributed by atoms with van der Waals surface area (Å²) in [6.45, 7) is 9.33. The molecule has 0 aliphatic rings.